The van der Waals surface area contributed by atoms with Crippen molar-refractivity contribution in [1.29, 1.82) is 0 Å². The van der Waals surface area contributed by atoms with Crippen molar-refractivity contribution in [3.8, 4) is 0 Å². The molecule has 1 amide bonds. The molecule has 1 fully saturated rings. The van der Waals surface area contributed by atoms with E-state index >= 15 is 0 Å². The maximum absolute atomic E-state index is 12.2. The number of halogens is 1. The molecule has 2 N–H and O–H groups in total. The Kier molecular flexibility index (Phi) is 5.06. The Balaban J connectivity index is 2.26. The highest BCUT2D eigenvalue weighted by atomic mass is 79.9. The van der Waals surface area contributed by atoms with Crippen LogP contribution in [0.15, 0.2) is 27.6 Å². The van der Waals surface area contributed by atoms with Gasteiger partial charge in [-0.15, -0.1) is 0 Å². The molecule has 0 bridgehead atoms. The topological polar surface area (TPSA) is 75.3 Å². The van der Waals surface area contributed by atoms with Crippen LogP contribution in [0.3, 0.4) is 0 Å². The van der Waals surface area contributed by atoms with Gasteiger partial charge in [-0.25, -0.2) is 13.1 Å². The minimum atomic E-state index is -3.55. The van der Waals surface area contributed by atoms with E-state index in [1.165, 1.54) is 12.1 Å². The Bertz CT molecular complexity index is 642. The molecule has 1 saturated carbocycles. The average Bonchev–Trinajstić information content (AvgIpc) is 3.21. The standard InChI is InChI=1S/C14H19BrN2O3S/c1-3-9(2)16-14(18)12-8-11(6-7-13(12)15)21(19,20)17-10-4-5-10/h6-10,17H,3-5H2,1-2H3,(H,16,18). The predicted octanol–water partition coefficient (Wildman–Crippen LogP) is 2.42. The third-order valence-corrected chi connectivity index (χ3v) is 5.59. The number of amides is 1. The van der Waals surface area contributed by atoms with E-state index in [4.69, 9.17) is 0 Å². The van der Waals surface area contributed by atoms with Crippen molar-refractivity contribution in [2.24, 2.45) is 0 Å². The van der Waals surface area contributed by atoms with Gasteiger partial charge in [0.1, 0.15) is 0 Å². The number of sulfonamides is 1. The van der Waals surface area contributed by atoms with Crippen LogP contribution in [0.5, 0.6) is 0 Å². The summed E-state index contributed by atoms with van der Waals surface area (Å²) in [5.74, 6) is -0.278. The molecular weight excluding hydrogens is 356 g/mol. The highest BCUT2D eigenvalue weighted by molar-refractivity contribution is 9.10. The van der Waals surface area contributed by atoms with Gasteiger partial charge in [-0.2, -0.15) is 0 Å². The monoisotopic (exact) mass is 374 g/mol. The first-order valence-electron chi connectivity index (χ1n) is 6.96. The van der Waals surface area contributed by atoms with Crippen LogP contribution < -0.4 is 10.0 Å². The molecule has 0 spiro atoms. The van der Waals surface area contributed by atoms with E-state index in [1.54, 1.807) is 6.07 Å². The van der Waals surface area contributed by atoms with Crippen molar-refractivity contribution >= 4 is 31.9 Å². The molecule has 21 heavy (non-hydrogen) atoms. The third kappa shape index (κ3) is 4.28. The lowest BCUT2D eigenvalue weighted by molar-refractivity contribution is 0.0938. The molecule has 0 saturated heterocycles. The lowest BCUT2D eigenvalue weighted by Crippen LogP contribution is -2.32. The Hall–Kier alpha value is -0.920. The van der Waals surface area contributed by atoms with Gasteiger partial charge in [0, 0.05) is 16.6 Å². The van der Waals surface area contributed by atoms with Crippen molar-refractivity contribution in [3.63, 3.8) is 0 Å². The normalized spacial score (nSPS) is 16.5. The van der Waals surface area contributed by atoms with Crippen LogP contribution in [0.1, 0.15) is 43.5 Å². The van der Waals surface area contributed by atoms with Crippen LogP contribution in [0, 0.1) is 0 Å². The summed E-state index contributed by atoms with van der Waals surface area (Å²) in [5, 5.41) is 2.83. The van der Waals surface area contributed by atoms with Gasteiger partial charge in [0.05, 0.1) is 10.5 Å². The summed E-state index contributed by atoms with van der Waals surface area (Å²) in [6, 6.07) is 4.57. The van der Waals surface area contributed by atoms with Gasteiger partial charge in [-0.3, -0.25) is 4.79 Å². The third-order valence-electron chi connectivity index (χ3n) is 3.38. The molecule has 2 rings (SSSR count). The SMILES string of the molecule is CCC(C)NC(=O)c1cc(S(=O)(=O)NC2CC2)ccc1Br. The molecule has 1 aromatic rings. The van der Waals surface area contributed by atoms with Crippen molar-refractivity contribution in [2.75, 3.05) is 0 Å². The molecule has 0 radical (unpaired) electrons. The molecular formula is C14H19BrN2O3S. The molecule has 5 nitrogen and oxygen atoms in total. The van der Waals surface area contributed by atoms with Crippen LogP contribution in [-0.2, 0) is 10.0 Å². The molecule has 1 atom stereocenters. The first-order chi connectivity index (χ1) is 9.83. The first kappa shape index (κ1) is 16.5. The van der Waals surface area contributed by atoms with Gasteiger partial charge in [0.25, 0.3) is 5.91 Å². The van der Waals surface area contributed by atoms with Crippen molar-refractivity contribution in [3.05, 3.63) is 28.2 Å². The Morgan fingerprint density at radius 2 is 2.10 bits per heavy atom. The van der Waals surface area contributed by atoms with Crippen LogP contribution in [-0.4, -0.2) is 26.4 Å². The number of nitrogens with one attached hydrogen (secondary N) is 2. The van der Waals surface area contributed by atoms with Gasteiger partial charge in [-0.1, -0.05) is 6.92 Å². The smallest absolute Gasteiger partial charge is 0.252 e. The van der Waals surface area contributed by atoms with Crippen LogP contribution >= 0.6 is 15.9 Å². The maximum atomic E-state index is 12.2. The first-order valence-corrected chi connectivity index (χ1v) is 9.24. The zero-order valence-electron chi connectivity index (χ0n) is 12.0. The van der Waals surface area contributed by atoms with E-state index in [-0.39, 0.29) is 22.9 Å². The van der Waals surface area contributed by atoms with Crippen molar-refractivity contribution < 1.29 is 13.2 Å². The second-order valence-corrected chi connectivity index (χ2v) is 7.89. The Morgan fingerprint density at radius 3 is 2.67 bits per heavy atom. The van der Waals surface area contributed by atoms with Crippen LogP contribution in [0.25, 0.3) is 0 Å². The predicted molar refractivity (Wildman–Crippen MR) is 84.7 cm³/mol. The second-order valence-electron chi connectivity index (χ2n) is 5.32. The van der Waals surface area contributed by atoms with Gasteiger partial charge >= 0.3 is 0 Å². The molecule has 1 aliphatic rings. The number of benzene rings is 1. The Labute approximate surface area is 133 Å². The summed E-state index contributed by atoms with van der Waals surface area (Å²) in [6.45, 7) is 3.88. The molecule has 1 aromatic carbocycles. The number of rotatable bonds is 6. The van der Waals surface area contributed by atoms with Crippen LogP contribution in [0.4, 0.5) is 0 Å². The summed E-state index contributed by atoms with van der Waals surface area (Å²) in [7, 11) is -3.55. The van der Waals surface area contributed by atoms with Gasteiger partial charge in [-0.05, 0) is 60.3 Å². The number of carbonyl (C=O) groups excluding carboxylic acids is 1. The van der Waals surface area contributed by atoms with Gasteiger partial charge < -0.3 is 5.32 Å². The minimum Gasteiger partial charge on any atom is -0.350 e. The van der Waals surface area contributed by atoms with E-state index in [0.29, 0.717) is 10.0 Å². The van der Waals surface area contributed by atoms with Crippen molar-refractivity contribution in [2.45, 2.75) is 50.1 Å². The fraction of sp³-hybridized carbons (Fsp3) is 0.500. The molecule has 1 unspecified atom stereocenters. The quantitative estimate of drug-likeness (QED) is 0.802. The summed E-state index contributed by atoms with van der Waals surface area (Å²) >= 11 is 3.30. The largest absolute Gasteiger partial charge is 0.350 e. The minimum absolute atomic E-state index is 0.0363. The zero-order valence-corrected chi connectivity index (χ0v) is 14.4. The summed E-state index contributed by atoms with van der Waals surface area (Å²) in [4.78, 5) is 12.3. The van der Waals surface area contributed by atoms with Crippen LogP contribution in [0.2, 0.25) is 0 Å². The van der Waals surface area contributed by atoms with Gasteiger partial charge in [0.2, 0.25) is 10.0 Å². The van der Waals surface area contributed by atoms with Crippen molar-refractivity contribution in [1.82, 2.24) is 10.0 Å². The maximum Gasteiger partial charge on any atom is 0.252 e. The molecule has 7 heteroatoms. The summed E-state index contributed by atoms with van der Waals surface area (Å²) in [5.41, 5.74) is 0.328. The molecule has 0 aromatic heterocycles. The Morgan fingerprint density at radius 1 is 1.43 bits per heavy atom. The zero-order chi connectivity index (χ0) is 15.6. The van der Waals surface area contributed by atoms with E-state index in [1.807, 2.05) is 13.8 Å². The molecule has 1 aliphatic carbocycles. The lowest BCUT2D eigenvalue weighted by atomic mass is 10.2. The summed E-state index contributed by atoms with van der Waals surface area (Å²) < 4.78 is 27.6. The lowest BCUT2D eigenvalue weighted by Gasteiger charge is -2.13. The van der Waals surface area contributed by atoms with E-state index in [2.05, 4.69) is 26.0 Å². The van der Waals surface area contributed by atoms with E-state index in [0.717, 1.165) is 19.3 Å². The van der Waals surface area contributed by atoms with E-state index < -0.39 is 10.0 Å². The number of carbonyl (C=O) groups is 1. The van der Waals surface area contributed by atoms with E-state index in [9.17, 15) is 13.2 Å². The summed E-state index contributed by atoms with van der Waals surface area (Å²) in [6.07, 6.45) is 2.55. The highest BCUT2D eigenvalue weighted by Gasteiger charge is 2.28. The number of hydrogen-bond acceptors (Lipinski definition) is 3. The number of hydrogen-bond donors (Lipinski definition) is 2. The fourth-order valence-electron chi connectivity index (χ4n) is 1.74. The average molecular weight is 375 g/mol. The molecule has 0 heterocycles. The highest BCUT2D eigenvalue weighted by Crippen LogP contribution is 2.25. The molecule has 116 valence electrons. The van der Waals surface area contributed by atoms with Gasteiger partial charge in [0.15, 0.2) is 0 Å². The fourth-order valence-corrected chi connectivity index (χ4v) is 3.50. The molecule has 0 aliphatic heterocycles. The second kappa shape index (κ2) is 6.46.